The lowest BCUT2D eigenvalue weighted by molar-refractivity contribution is -0.138. The van der Waals surface area contributed by atoms with Crippen molar-refractivity contribution in [2.75, 3.05) is 13.6 Å². The van der Waals surface area contributed by atoms with Crippen LogP contribution in [0.3, 0.4) is 0 Å². The molecule has 1 aliphatic rings. The van der Waals surface area contributed by atoms with E-state index in [9.17, 15) is 14.4 Å². The molecule has 0 aliphatic carbocycles. The first-order chi connectivity index (χ1) is 9.45. The van der Waals surface area contributed by atoms with E-state index in [1.54, 1.807) is 11.9 Å². The van der Waals surface area contributed by atoms with Crippen LogP contribution in [0.1, 0.15) is 23.3 Å². The Morgan fingerprint density at radius 3 is 2.95 bits per heavy atom. The van der Waals surface area contributed by atoms with Gasteiger partial charge in [-0.2, -0.15) is 0 Å². The molecule has 0 spiro atoms. The summed E-state index contributed by atoms with van der Waals surface area (Å²) < 4.78 is 1.08. The summed E-state index contributed by atoms with van der Waals surface area (Å²) in [4.78, 5) is 35.3. The molecule has 0 radical (unpaired) electrons. The number of carboxylic acids is 1. The Bertz CT molecular complexity index is 541. The Morgan fingerprint density at radius 2 is 2.30 bits per heavy atom. The average molecular weight is 281 g/mol. The highest BCUT2D eigenvalue weighted by atomic mass is 16.4. The van der Waals surface area contributed by atoms with E-state index in [2.05, 4.69) is 15.6 Å². The van der Waals surface area contributed by atoms with Crippen LogP contribution in [0, 0.1) is 0 Å². The smallest absolute Gasteiger partial charge is 0.325 e. The van der Waals surface area contributed by atoms with Crippen molar-refractivity contribution in [2.45, 2.75) is 25.4 Å². The van der Waals surface area contributed by atoms with Crippen LogP contribution in [-0.2, 0) is 16.1 Å². The number of likely N-dealkylation sites (N-methyl/N-ethyl adjacent to an activating group) is 1. The largest absolute Gasteiger partial charge is 0.480 e. The fourth-order valence-corrected chi connectivity index (χ4v) is 2.01. The van der Waals surface area contributed by atoms with Crippen molar-refractivity contribution in [1.29, 1.82) is 0 Å². The molecular formula is C11H15N5O4. The number of rotatable bonds is 4. The van der Waals surface area contributed by atoms with E-state index >= 15 is 0 Å². The van der Waals surface area contributed by atoms with Crippen molar-refractivity contribution >= 4 is 17.8 Å². The minimum absolute atomic E-state index is 0.0582. The van der Waals surface area contributed by atoms with Gasteiger partial charge in [0.15, 0.2) is 5.69 Å². The fraction of sp³-hybridized carbons (Fsp3) is 0.545. The van der Waals surface area contributed by atoms with Gasteiger partial charge in [0, 0.05) is 26.1 Å². The number of carboxylic acid groups (broad SMARTS) is 1. The number of carbonyl (C=O) groups is 3. The van der Waals surface area contributed by atoms with Gasteiger partial charge in [-0.15, -0.1) is 5.10 Å². The predicted octanol–water partition coefficient (Wildman–Crippen LogP) is -1.29. The molecule has 108 valence electrons. The van der Waals surface area contributed by atoms with E-state index < -0.39 is 11.9 Å². The Labute approximate surface area is 114 Å². The van der Waals surface area contributed by atoms with E-state index in [1.165, 1.54) is 6.20 Å². The Balaban J connectivity index is 1.93. The summed E-state index contributed by atoms with van der Waals surface area (Å²) in [6.07, 6.45) is 2.26. The molecule has 1 aromatic rings. The van der Waals surface area contributed by atoms with Crippen LogP contribution < -0.4 is 5.32 Å². The fourth-order valence-electron chi connectivity index (χ4n) is 2.01. The van der Waals surface area contributed by atoms with Crippen LogP contribution >= 0.6 is 0 Å². The highest BCUT2D eigenvalue weighted by molar-refractivity contribution is 5.92. The molecule has 1 aromatic heterocycles. The lowest BCUT2D eigenvalue weighted by Crippen LogP contribution is -2.48. The quantitative estimate of drug-likeness (QED) is 0.709. The molecule has 20 heavy (non-hydrogen) atoms. The van der Waals surface area contributed by atoms with Gasteiger partial charge >= 0.3 is 5.97 Å². The zero-order chi connectivity index (χ0) is 14.7. The molecule has 2 N–H and O–H groups in total. The lowest BCUT2D eigenvalue weighted by Gasteiger charge is -2.29. The molecule has 0 bridgehead atoms. The molecule has 0 saturated carbocycles. The van der Waals surface area contributed by atoms with E-state index in [0.29, 0.717) is 19.4 Å². The number of likely N-dealkylation sites (tertiary alicyclic amines) is 1. The molecule has 2 rings (SSSR count). The molecule has 1 aliphatic heterocycles. The Hall–Kier alpha value is -2.45. The molecule has 0 aromatic carbocycles. The third-order valence-corrected chi connectivity index (χ3v) is 3.03. The van der Waals surface area contributed by atoms with E-state index in [4.69, 9.17) is 5.11 Å². The summed E-state index contributed by atoms with van der Waals surface area (Å²) in [5.74, 6) is -1.42. The number of nitrogens with one attached hydrogen (secondary N) is 1. The maximum absolute atomic E-state index is 11.9. The number of amides is 2. The van der Waals surface area contributed by atoms with Crippen molar-refractivity contribution < 1.29 is 19.5 Å². The summed E-state index contributed by atoms with van der Waals surface area (Å²) in [6, 6.07) is -0.130. The highest BCUT2D eigenvalue weighted by Crippen LogP contribution is 2.10. The zero-order valence-corrected chi connectivity index (χ0v) is 10.9. The first-order valence-electron chi connectivity index (χ1n) is 6.12. The average Bonchev–Trinajstić information content (AvgIpc) is 2.81. The van der Waals surface area contributed by atoms with Gasteiger partial charge < -0.3 is 15.3 Å². The second-order valence-electron chi connectivity index (χ2n) is 4.68. The molecule has 2 heterocycles. The second kappa shape index (κ2) is 5.68. The van der Waals surface area contributed by atoms with Gasteiger partial charge in [0.1, 0.15) is 6.54 Å². The second-order valence-corrected chi connectivity index (χ2v) is 4.68. The van der Waals surface area contributed by atoms with Crippen LogP contribution in [0.25, 0.3) is 0 Å². The molecule has 1 atom stereocenters. The van der Waals surface area contributed by atoms with Crippen LogP contribution in [0.2, 0.25) is 0 Å². The van der Waals surface area contributed by atoms with Crippen molar-refractivity contribution in [2.24, 2.45) is 0 Å². The summed E-state index contributed by atoms with van der Waals surface area (Å²) >= 11 is 0. The van der Waals surface area contributed by atoms with Gasteiger partial charge in [0.25, 0.3) is 5.91 Å². The molecule has 1 saturated heterocycles. The van der Waals surface area contributed by atoms with Crippen LogP contribution in [0.5, 0.6) is 0 Å². The zero-order valence-electron chi connectivity index (χ0n) is 10.9. The number of hydrogen-bond donors (Lipinski definition) is 2. The number of hydrogen-bond acceptors (Lipinski definition) is 5. The number of carbonyl (C=O) groups excluding carboxylic acids is 2. The van der Waals surface area contributed by atoms with E-state index in [0.717, 1.165) is 4.68 Å². The third kappa shape index (κ3) is 3.31. The molecule has 1 unspecified atom stereocenters. The Kier molecular flexibility index (Phi) is 3.97. The van der Waals surface area contributed by atoms with Gasteiger partial charge in [-0.05, 0) is 6.42 Å². The molecule has 9 nitrogen and oxygen atoms in total. The SMILES string of the molecule is CN1CC(NC(=O)c2cn(CC(=O)O)nn2)CCC1=O. The summed E-state index contributed by atoms with van der Waals surface area (Å²) in [7, 11) is 1.68. The van der Waals surface area contributed by atoms with E-state index in [1.807, 2.05) is 0 Å². The number of nitrogens with zero attached hydrogens (tertiary/aromatic N) is 4. The predicted molar refractivity (Wildman–Crippen MR) is 65.8 cm³/mol. The van der Waals surface area contributed by atoms with Gasteiger partial charge in [0.2, 0.25) is 5.91 Å². The van der Waals surface area contributed by atoms with Crippen molar-refractivity contribution in [3.05, 3.63) is 11.9 Å². The topological polar surface area (TPSA) is 117 Å². The number of aliphatic carboxylic acids is 1. The summed E-state index contributed by atoms with van der Waals surface area (Å²) in [6.45, 7) is 0.106. The third-order valence-electron chi connectivity index (χ3n) is 3.03. The van der Waals surface area contributed by atoms with Gasteiger partial charge in [-0.3, -0.25) is 14.4 Å². The number of aromatic nitrogens is 3. The van der Waals surface area contributed by atoms with Gasteiger partial charge in [-0.25, -0.2) is 4.68 Å². The minimum atomic E-state index is -1.06. The standard InChI is InChI=1S/C11H15N5O4/c1-15-4-7(2-3-9(15)17)12-11(20)8-5-16(14-13-8)6-10(18)19/h5,7H,2-4,6H2,1H3,(H,12,20)(H,18,19). The maximum Gasteiger partial charge on any atom is 0.325 e. The van der Waals surface area contributed by atoms with Crippen LogP contribution in [0.15, 0.2) is 6.20 Å². The Morgan fingerprint density at radius 1 is 1.55 bits per heavy atom. The van der Waals surface area contributed by atoms with Crippen LogP contribution in [-0.4, -0.2) is 62.4 Å². The summed E-state index contributed by atoms with van der Waals surface area (Å²) in [5, 5.41) is 18.5. The molecule has 9 heteroatoms. The normalized spacial score (nSPS) is 18.9. The maximum atomic E-state index is 11.9. The van der Waals surface area contributed by atoms with Gasteiger partial charge in [-0.1, -0.05) is 5.21 Å². The summed E-state index contributed by atoms with van der Waals surface area (Å²) in [5.41, 5.74) is 0.0609. The van der Waals surface area contributed by atoms with Crippen LogP contribution in [0.4, 0.5) is 0 Å². The first kappa shape index (κ1) is 14.0. The minimum Gasteiger partial charge on any atom is -0.480 e. The molecule has 1 fully saturated rings. The van der Waals surface area contributed by atoms with E-state index in [-0.39, 0.29) is 24.2 Å². The lowest BCUT2D eigenvalue weighted by atomic mass is 10.1. The number of piperidine rings is 1. The van der Waals surface area contributed by atoms with Gasteiger partial charge in [0.05, 0.1) is 6.20 Å². The highest BCUT2D eigenvalue weighted by Gasteiger charge is 2.25. The van der Waals surface area contributed by atoms with Crippen molar-refractivity contribution in [3.63, 3.8) is 0 Å². The molecular weight excluding hydrogens is 266 g/mol. The monoisotopic (exact) mass is 281 g/mol. The van der Waals surface area contributed by atoms with Crippen molar-refractivity contribution in [1.82, 2.24) is 25.2 Å². The van der Waals surface area contributed by atoms with Crippen molar-refractivity contribution in [3.8, 4) is 0 Å². The molecule has 2 amide bonds. The first-order valence-corrected chi connectivity index (χ1v) is 6.12.